The van der Waals surface area contributed by atoms with Crippen LogP contribution in [0.4, 0.5) is 4.39 Å². The fraction of sp³-hybridized carbons (Fsp3) is 0.429. The Morgan fingerprint density at radius 1 is 1.26 bits per heavy atom. The number of nitrogens with zero attached hydrogens (tertiary/aromatic N) is 3. The Balaban J connectivity index is 1.53. The predicted octanol–water partition coefficient (Wildman–Crippen LogP) is 3.90. The number of hydrogen-bond acceptors (Lipinski definition) is 7. The third kappa shape index (κ3) is 7.62. The van der Waals surface area contributed by atoms with E-state index < -0.39 is 17.9 Å². The number of likely N-dealkylation sites (tertiary alicyclic amines) is 1. The summed E-state index contributed by atoms with van der Waals surface area (Å²) >= 11 is 6.06. The van der Waals surface area contributed by atoms with Gasteiger partial charge in [-0.15, -0.1) is 5.10 Å². The topological polar surface area (TPSA) is 109 Å². The van der Waals surface area contributed by atoms with Crippen LogP contribution >= 0.6 is 11.6 Å². The van der Waals surface area contributed by atoms with Crippen molar-refractivity contribution in [2.75, 3.05) is 33.4 Å². The van der Waals surface area contributed by atoms with Crippen LogP contribution in [0.3, 0.4) is 0 Å². The molecule has 0 saturated carbocycles. The number of benzene rings is 2. The average molecular weight is 558 g/mol. The van der Waals surface area contributed by atoms with Gasteiger partial charge in [-0.05, 0) is 55.5 Å². The molecular formula is C28H33ClFN5O4. The zero-order valence-corrected chi connectivity index (χ0v) is 22.8. The SMILES string of the molecule is CCOC(=O)[C@@H](C[C@@H](Cc1ccc(-c2cc(Cl)ccc2F)cc1)NC(=O)c1c[nH]nn1)CN1CCC1COC. The molecule has 39 heavy (non-hydrogen) atoms. The Labute approximate surface area is 232 Å². The second-order valence-electron chi connectivity index (χ2n) is 9.63. The van der Waals surface area contributed by atoms with Crippen LogP contribution in [0.2, 0.25) is 5.02 Å². The monoisotopic (exact) mass is 557 g/mol. The first-order valence-electron chi connectivity index (χ1n) is 13.0. The van der Waals surface area contributed by atoms with Crippen LogP contribution in [0.5, 0.6) is 0 Å². The van der Waals surface area contributed by atoms with E-state index in [4.69, 9.17) is 21.1 Å². The highest BCUT2D eigenvalue weighted by molar-refractivity contribution is 6.30. The van der Waals surface area contributed by atoms with E-state index in [1.165, 1.54) is 18.3 Å². The molecule has 0 radical (unpaired) electrons. The number of amides is 1. The molecule has 1 aliphatic heterocycles. The molecule has 11 heteroatoms. The summed E-state index contributed by atoms with van der Waals surface area (Å²) in [7, 11) is 1.67. The first-order valence-corrected chi connectivity index (χ1v) is 13.4. The highest BCUT2D eigenvalue weighted by Gasteiger charge is 2.34. The second-order valence-corrected chi connectivity index (χ2v) is 10.1. The zero-order valence-electron chi connectivity index (χ0n) is 22.0. The summed E-state index contributed by atoms with van der Waals surface area (Å²) < 4.78 is 25.1. The smallest absolute Gasteiger partial charge is 0.310 e. The van der Waals surface area contributed by atoms with E-state index >= 15 is 0 Å². The van der Waals surface area contributed by atoms with Gasteiger partial charge >= 0.3 is 5.97 Å². The predicted molar refractivity (Wildman–Crippen MR) is 145 cm³/mol. The minimum atomic E-state index is -0.452. The number of rotatable bonds is 13. The lowest BCUT2D eigenvalue weighted by Crippen LogP contribution is -2.53. The second kappa shape index (κ2) is 13.6. The zero-order chi connectivity index (χ0) is 27.8. The number of carbonyl (C=O) groups is 2. The van der Waals surface area contributed by atoms with Crippen molar-refractivity contribution in [3.8, 4) is 11.1 Å². The number of nitrogens with one attached hydrogen (secondary N) is 2. The quantitative estimate of drug-likeness (QED) is 0.307. The van der Waals surface area contributed by atoms with E-state index in [9.17, 15) is 14.0 Å². The molecule has 0 spiro atoms. The lowest BCUT2D eigenvalue weighted by Gasteiger charge is -2.42. The molecule has 2 heterocycles. The van der Waals surface area contributed by atoms with Crippen LogP contribution < -0.4 is 5.32 Å². The van der Waals surface area contributed by atoms with Gasteiger partial charge in [0.05, 0.1) is 25.3 Å². The van der Waals surface area contributed by atoms with Gasteiger partial charge in [-0.1, -0.05) is 41.1 Å². The molecule has 3 aromatic rings. The van der Waals surface area contributed by atoms with Crippen molar-refractivity contribution in [3.63, 3.8) is 0 Å². The minimum Gasteiger partial charge on any atom is -0.466 e. The Morgan fingerprint density at radius 3 is 2.69 bits per heavy atom. The van der Waals surface area contributed by atoms with Gasteiger partial charge in [0.1, 0.15) is 5.82 Å². The number of ether oxygens (including phenoxy) is 2. The van der Waals surface area contributed by atoms with Gasteiger partial charge in [-0.25, -0.2) is 4.39 Å². The first kappa shape index (κ1) is 28.7. The van der Waals surface area contributed by atoms with Crippen molar-refractivity contribution >= 4 is 23.5 Å². The van der Waals surface area contributed by atoms with Crippen LogP contribution in [-0.4, -0.2) is 77.7 Å². The molecule has 2 aromatic carbocycles. The molecule has 1 unspecified atom stereocenters. The van der Waals surface area contributed by atoms with Gasteiger partial charge < -0.3 is 14.8 Å². The minimum absolute atomic E-state index is 0.155. The summed E-state index contributed by atoms with van der Waals surface area (Å²) in [4.78, 5) is 28.1. The molecule has 2 N–H and O–H groups in total. The number of esters is 1. The summed E-state index contributed by atoms with van der Waals surface area (Å²) in [5.74, 6) is -1.50. The highest BCUT2D eigenvalue weighted by atomic mass is 35.5. The molecule has 1 fully saturated rings. The standard InChI is InChI=1S/C28H33ClFN5O4/c1-3-39-28(37)20(16-35-11-10-23(35)17-38-2)13-22(32-27(36)26-15-31-34-33-26)12-18-4-6-19(7-5-18)24-14-21(29)8-9-25(24)30/h4-9,14-15,20,22-23H,3,10-13,16-17H2,1-2H3,(H,32,36)(H,31,33,34)/t20-,22+,23?/m0/s1. The van der Waals surface area contributed by atoms with Crippen LogP contribution in [-0.2, 0) is 20.7 Å². The number of carbonyl (C=O) groups excluding carboxylic acids is 2. The van der Waals surface area contributed by atoms with Crippen LogP contribution in [0.1, 0.15) is 35.8 Å². The highest BCUT2D eigenvalue weighted by Crippen LogP contribution is 2.27. The van der Waals surface area contributed by atoms with Crippen molar-refractivity contribution in [2.45, 2.75) is 38.3 Å². The maximum absolute atomic E-state index is 14.4. The van der Waals surface area contributed by atoms with E-state index in [0.717, 1.165) is 18.5 Å². The number of H-pyrrole nitrogens is 1. The fourth-order valence-corrected chi connectivity index (χ4v) is 5.01. The van der Waals surface area contributed by atoms with E-state index in [1.54, 1.807) is 20.1 Å². The molecule has 4 rings (SSSR count). The Kier molecular flexibility index (Phi) is 10.0. The van der Waals surface area contributed by atoms with Crippen molar-refractivity contribution in [1.82, 2.24) is 25.6 Å². The lowest BCUT2D eigenvalue weighted by molar-refractivity contribution is -0.150. The molecule has 208 valence electrons. The van der Waals surface area contributed by atoms with Crippen LogP contribution in [0.25, 0.3) is 11.1 Å². The lowest BCUT2D eigenvalue weighted by atomic mass is 9.91. The van der Waals surface area contributed by atoms with Crippen molar-refractivity contribution in [2.24, 2.45) is 5.92 Å². The molecule has 0 aliphatic carbocycles. The number of hydrogen-bond donors (Lipinski definition) is 2. The number of aromatic nitrogens is 3. The van der Waals surface area contributed by atoms with Crippen molar-refractivity contribution in [1.29, 1.82) is 0 Å². The van der Waals surface area contributed by atoms with E-state index in [-0.39, 0.29) is 30.1 Å². The molecule has 1 amide bonds. The van der Waals surface area contributed by atoms with E-state index in [0.29, 0.717) is 42.1 Å². The van der Waals surface area contributed by atoms with Gasteiger partial charge in [-0.3, -0.25) is 19.6 Å². The van der Waals surface area contributed by atoms with Crippen LogP contribution in [0.15, 0.2) is 48.7 Å². The van der Waals surface area contributed by atoms with Gasteiger partial charge in [0.25, 0.3) is 5.91 Å². The molecule has 0 bridgehead atoms. The first-order chi connectivity index (χ1) is 18.9. The maximum Gasteiger partial charge on any atom is 0.310 e. The summed E-state index contributed by atoms with van der Waals surface area (Å²) in [6, 6.07) is 11.7. The van der Waals surface area contributed by atoms with Crippen molar-refractivity contribution in [3.05, 3.63) is 70.8 Å². The molecule has 9 nitrogen and oxygen atoms in total. The Hall–Kier alpha value is -3.34. The third-order valence-electron chi connectivity index (χ3n) is 6.93. The molecule has 1 aliphatic rings. The molecular weight excluding hydrogens is 525 g/mol. The number of aromatic amines is 1. The molecule has 3 atom stereocenters. The summed E-state index contributed by atoms with van der Waals surface area (Å²) in [5, 5.41) is 13.4. The van der Waals surface area contributed by atoms with E-state index in [2.05, 4.69) is 25.6 Å². The fourth-order valence-electron chi connectivity index (χ4n) is 4.84. The summed E-state index contributed by atoms with van der Waals surface area (Å²) in [6.07, 6.45) is 3.23. The Bertz CT molecular complexity index is 1240. The third-order valence-corrected chi connectivity index (χ3v) is 7.16. The summed E-state index contributed by atoms with van der Waals surface area (Å²) in [5.41, 5.74) is 2.17. The Morgan fingerprint density at radius 2 is 2.05 bits per heavy atom. The van der Waals surface area contributed by atoms with Gasteiger partial charge in [0, 0.05) is 42.9 Å². The van der Waals surface area contributed by atoms with Gasteiger partial charge in [0.2, 0.25) is 0 Å². The van der Waals surface area contributed by atoms with Crippen LogP contribution in [0, 0.1) is 11.7 Å². The van der Waals surface area contributed by atoms with Gasteiger partial charge in [0.15, 0.2) is 5.69 Å². The average Bonchev–Trinajstić information content (AvgIpc) is 3.46. The number of methoxy groups -OCH3 is 1. The van der Waals surface area contributed by atoms with Crippen molar-refractivity contribution < 1.29 is 23.5 Å². The largest absolute Gasteiger partial charge is 0.466 e. The normalized spacial score (nSPS) is 16.8. The molecule has 1 saturated heterocycles. The maximum atomic E-state index is 14.4. The molecule has 1 aromatic heterocycles. The van der Waals surface area contributed by atoms with E-state index in [1.807, 2.05) is 24.3 Å². The number of halogens is 2. The van der Waals surface area contributed by atoms with Gasteiger partial charge in [-0.2, -0.15) is 0 Å². The summed E-state index contributed by atoms with van der Waals surface area (Å²) in [6.45, 7) is 4.04.